The summed E-state index contributed by atoms with van der Waals surface area (Å²) in [7, 11) is 1.60. The van der Waals surface area contributed by atoms with Crippen molar-refractivity contribution in [2.45, 2.75) is 19.9 Å². The molecule has 18 heavy (non-hydrogen) atoms. The van der Waals surface area contributed by atoms with Crippen LogP contribution in [-0.4, -0.2) is 25.7 Å². The Bertz CT molecular complexity index is 376. The van der Waals surface area contributed by atoms with Crippen LogP contribution in [0.2, 0.25) is 0 Å². The van der Waals surface area contributed by atoms with E-state index >= 15 is 0 Å². The van der Waals surface area contributed by atoms with Crippen molar-refractivity contribution in [2.75, 3.05) is 19.0 Å². The van der Waals surface area contributed by atoms with E-state index in [4.69, 9.17) is 10.5 Å². The lowest BCUT2D eigenvalue weighted by molar-refractivity contribution is 0.245. The summed E-state index contributed by atoms with van der Waals surface area (Å²) in [6.45, 7) is 4.46. The van der Waals surface area contributed by atoms with E-state index < -0.39 is 0 Å². The molecule has 0 bridgehead atoms. The second kappa shape index (κ2) is 6.86. The standard InChI is InChI=1S/C13H21N3O2/c1-9(2)12(8-14)16-13(17)15-10-4-6-11(18-3)7-5-10/h4-7,9,12H,8,14H2,1-3H3,(H2,15,16,17). The van der Waals surface area contributed by atoms with Crippen LogP contribution in [-0.2, 0) is 0 Å². The maximum absolute atomic E-state index is 11.7. The lowest BCUT2D eigenvalue weighted by Crippen LogP contribution is -2.45. The number of methoxy groups -OCH3 is 1. The maximum atomic E-state index is 11.7. The first kappa shape index (κ1) is 14.3. The molecule has 1 aromatic carbocycles. The predicted octanol–water partition coefficient (Wildman–Crippen LogP) is 1.80. The van der Waals surface area contributed by atoms with E-state index in [2.05, 4.69) is 10.6 Å². The molecule has 0 aliphatic heterocycles. The van der Waals surface area contributed by atoms with Gasteiger partial charge in [0.15, 0.2) is 0 Å². The van der Waals surface area contributed by atoms with E-state index in [0.29, 0.717) is 18.2 Å². The van der Waals surface area contributed by atoms with Crippen LogP contribution in [0.4, 0.5) is 10.5 Å². The maximum Gasteiger partial charge on any atom is 0.319 e. The molecule has 0 spiro atoms. The van der Waals surface area contributed by atoms with Gasteiger partial charge in [0.1, 0.15) is 5.75 Å². The molecule has 1 unspecified atom stereocenters. The fraction of sp³-hybridized carbons (Fsp3) is 0.462. The van der Waals surface area contributed by atoms with Gasteiger partial charge in [-0.3, -0.25) is 0 Å². The number of carbonyl (C=O) groups is 1. The number of urea groups is 1. The zero-order valence-corrected chi connectivity index (χ0v) is 11.1. The van der Waals surface area contributed by atoms with Crippen LogP contribution >= 0.6 is 0 Å². The molecule has 1 rings (SSSR count). The molecule has 0 radical (unpaired) electrons. The monoisotopic (exact) mass is 251 g/mol. The van der Waals surface area contributed by atoms with Gasteiger partial charge in [0, 0.05) is 18.3 Å². The molecular formula is C13H21N3O2. The second-order valence-electron chi connectivity index (χ2n) is 4.41. The number of anilines is 1. The van der Waals surface area contributed by atoms with Crippen LogP contribution in [0.25, 0.3) is 0 Å². The van der Waals surface area contributed by atoms with Crippen LogP contribution < -0.4 is 21.1 Å². The number of carbonyl (C=O) groups excluding carboxylic acids is 1. The van der Waals surface area contributed by atoms with E-state index in [1.54, 1.807) is 31.4 Å². The van der Waals surface area contributed by atoms with Crippen molar-refractivity contribution in [3.63, 3.8) is 0 Å². The summed E-state index contributed by atoms with van der Waals surface area (Å²) in [6, 6.07) is 6.88. The van der Waals surface area contributed by atoms with Gasteiger partial charge in [-0.05, 0) is 30.2 Å². The van der Waals surface area contributed by atoms with Crippen molar-refractivity contribution in [1.82, 2.24) is 5.32 Å². The largest absolute Gasteiger partial charge is 0.497 e. The Kier molecular flexibility index (Phi) is 5.45. The number of nitrogens with one attached hydrogen (secondary N) is 2. The van der Waals surface area contributed by atoms with Gasteiger partial charge in [-0.15, -0.1) is 0 Å². The predicted molar refractivity (Wildman–Crippen MR) is 72.8 cm³/mol. The first-order valence-corrected chi connectivity index (χ1v) is 5.98. The summed E-state index contributed by atoms with van der Waals surface area (Å²) in [4.78, 5) is 11.7. The number of hydrogen-bond donors (Lipinski definition) is 3. The van der Waals surface area contributed by atoms with Crippen LogP contribution in [0.15, 0.2) is 24.3 Å². The van der Waals surface area contributed by atoms with E-state index in [1.807, 2.05) is 13.8 Å². The van der Waals surface area contributed by atoms with E-state index in [-0.39, 0.29) is 12.1 Å². The molecule has 2 amide bonds. The molecule has 0 saturated carbocycles. The molecule has 100 valence electrons. The number of hydrogen-bond acceptors (Lipinski definition) is 3. The quantitative estimate of drug-likeness (QED) is 0.747. The normalized spacial score (nSPS) is 12.1. The number of amides is 2. The topological polar surface area (TPSA) is 76.4 Å². The number of rotatable bonds is 5. The third-order valence-corrected chi connectivity index (χ3v) is 2.72. The number of nitrogens with two attached hydrogens (primary N) is 1. The Morgan fingerprint density at radius 1 is 1.33 bits per heavy atom. The van der Waals surface area contributed by atoms with Gasteiger partial charge in [0.2, 0.25) is 0 Å². The molecule has 1 aromatic rings. The SMILES string of the molecule is COc1ccc(NC(=O)NC(CN)C(C)C)cc1. The van der Waals surface area contributed by atoms with Crippen molar-refractivity contribution in [3.8, 4) is 5.75 Å². The molecule has 0 aliphatic rings. The fourth-order valence-corrected chi connectivity index (χ4v) is 1.51. The Labute approximate surface area is 108 Å². The van der Waals surface area contributed by atoms with Gasteiger partial charge in [-0.1, -0.05) is 13.8 Å². The highest BCUT2D eigenvalue weighted by molar-refractivity contribution is 5.89. The molecule has 0 heterocycles. The molecule has 0 fully saturated rings. The zero-order chi connectivity index (χ0) is 13.5. The Hall–Kier alpha value is -1.75. The highest BCUT2D eigenvalue weighted by atomic mass is 16.5. The van der Waals surface area contributed by atoms with Gasteiger partial charge in [0.25, 0.3) is 0 Å². The zero-order valence-electron chi connectivity index (χ0n) is 11.1. The summed E-state index contributed by atoms with van der Waals surface area (Å²) in [6.07, 6.45) is 0. The van der Waals surface area contributed by atoms with Gasteiger partial charge >= 0.3 is 6.03 Å². The third kappa shape index (κ3) is 4.25. The minimum absolute atomic E-state index is 0.0248. The van der Waals surface area contributed by atoms with Crippen molar-refractivity contribution < 1.29 is 9.53 Å². The summed E-state index contributed by atoms with van der Waals surface area (Å²) in [5, 5.41) is 5.59. The van der Waals surface area contributed by atoms with Crippen molar-refractivity contribution in [3.05, 3.63) is 24.3 Å². The third-order valence-electron chi connectivity index (χ3n) is 2.72. The summed E-state index contributed by atoms with van der Waals surface area (Å²) in [5.41, 5.74) is 6.31. The summed E-state index contributed by atoms with van der Waals surface area (Å²) >= 11 is 0. The highest BCUT2D eigenvalue weighted by Crippen LogP contribution is 2.14. The molecule has 0 aromatic heterocycles. The van der Waals surface area contributed by atoms with Crippen LogP contribution in [0.1, 0.15) is 13.8 Å². The smallest absolute Gasteiger partial charge is 0.319 e. The van der Waals surface area contributed by atoms with Crippen molar-refractivity contribution in [1.29, 1.82) is 0 Å². The van der Waals surface area contributed by atoms with Crippen LogP contribution in [0.3, 0.4) is 0 Å². The summed E-state index contributed by atoms with van der Waals surface area (Å²) < 4.78 is 5.04. The Morgan fingerprint density at radius 3 is 2.39 bits per heavy atom. The lowest BCUT2D eigenvalue weighted by atomic mass is 10.1. The summed E-state index contributed by atoms with van der Waals surface area (Å²) in [5.74, 6) is 1.06. The van der Waals surface area contributed by atoms with E-state index in [9.17, 15) is 4.79 Å². The van der Waals surface area contributed by atoms with E-state index in [0.717, 1.165) is 5.75 Å². The molecule has 4 N–H and O–H groups in total. The average molecular weight is 251 g/mol. The molecule has 5 nitrogen and oxygen atoms in total. The molecular weight excluding hydrogens is 230 g/mol. The van der Waals surface area contributed by atoms with Gasteiger partial charge in [-0.2, -0.15) is 0 Å². The minimum Gasteiger partial charge on any atom is -0.497 e. The van der Waals surface area contributed by atoms with E-state index in [1.165, 1.54) is 0 Å². The lowest BCUT2D eigenvalue weighted by Gasteiger charge is -2.20. The second-order valence-corrected chi connectivity index (χ2v) is 4.41. The first-order valence-electron chi connectivity index (χ1n) is 5.98. The van der Waals surface area contributed by atoms with Crippen molar-refractivity contribution >= 4 is 11.7 Å². The molecule has 1 atom stereocenters. The van der Waals surface area contributed by atoms with Crippen molar-refractivity contribution in [2.24, 2.45) is 11.7 Å². The molecule has 0 aliphatic carbocycles. The number of benzene rings is 1. The fourth-order valence-electron chi connectivity index (χ4n) is 1.51. The number of ether oxygens (including phenoxy) is 1. The van der Waals surface area contributed by atoms with Gasteiger partial charge in [-0.25, -0.2) is 4.79 Å². The first-order chi connectivity index (χ1) is 8.56. The van der Waals surface area contributed by atoms with Gasteiger partial charge < -0.3 is 21.1 Å². The average Bonchev–Trinajstić information content (AvgIpc) is 2.36. The Balaban J connectivity index is 2.53. The van der Waals surface area contributed by atoms with Gasteiger partial charge in [0.05, 0.1) is 7.11 Å². The van der Waals surface area contributed by atoms with Crippen LogP contribution in [0, 0.1) is 5.92 Å². The molecule has 5 heteroatoms. The highest BCUT2D eigenvalue weighted by Gasteiger charge is 2.14. The minimum atomic E-state index is -0.246. The van der Waals surface area contributed by atoms with Crippen LogP contribution in [0.5, 0.6) is 5.75 Å². The Morgan fingerprint density at radius 2 is 1.94 bits per heavy atom. The molecule has 0 saturated heterocycles.